The van der Waals surface area contributed by atoms with E-state index in [2.05, 4.69) is 26.9 Å². The maximum atomic E-state index is 12.8. The summed E-state index contributed by atoms with van der Waals surface area (Å²) >= 11 is 0. The number of amides is 2. The highest BCUT2D eigenvalue weighted by Crippen LogP contribution is 2.23. The van der Waals surface area contributed by atoms with Gasteiger partial charge in [-0.25, -0.2) is 0 Å². The number of rotatable bonds is 7. The molecule has 6 nitrogen and oxygen atoms in total. The Morgan fingerprint density at radius 1 is 1.21 bits per heavy atom. The number of halogens is 2. The summed E-state index contributed by atoms with van der Waals surface area (Å²) in [5.74, 6) is -0.182. The third kappa shape index (κ3) is 7.36. The lowest BCUT2D eigenvalue weighted by Gasteiger charge is -2.25. The van der Waals surface area contributed by atoms with Crippen molar-refractivity contribution >= 4 is 48.0 Å². The average molecular weight is 445 g/mol. The lowest BCUT2D eigenvalue weighted by Crippen LogP contribution is -2.48. The van der Waals surface area contributed by atoms with Crippen molar-refractivity contribution in [1.82, 2.24) is 10.6 Å². The number of piperidine rings is 1. The first-order chi connectivity index (χ1) is 13.2. The van der Waals surface area contributed by atoms with Crippen LogP contribution in [0.15, 0.2) is 24.3 Å². The van der Waals surface area contributed by atoms with Gasteiger partial charge in [0.1, 0.15) is 6.04 Å². The predicted molar refractivity (Wildman–Crippen MR) is 123 cm³/mol. The third-order valence-electron chi connectivity index (χ3n) is 5.46. The van der Waals surface area contributed by atoms with Gasteiger partial charge in [0.05, 0.1) is 5.92 Å². The molecule has 164 valence electrons. The summed E-state index contributed by atoms with van der Waals surface area (Å²) in [7, 11) is 0. The highest BCUT2D eigenvalue weighted by atomic mass is 35.5. The molecule has 0 radical (unpaired) electrons. The summed E-state index contributed by atoms with van der Waals surface area (Å²) in [6.45, 7) is 5.84. The van der Waals surface area contributed by atoms with Crippen molar-refractivity contribution in [3.8, 4) is 0 Å². The van der Waals surface area contributed by atoms with Gasteiger partial charge in [-0.1, -0.05) is 19.4 Å². The largest absolute Gasteiger partial charge is 0.371 e. The van der Waals surface area contributed by atoms with E-state index in [4.69, 9.17) is 0 Å². The number of nitrogens with one attached hydrogen (secondary N) is 3. The molecule has 29 heavy (non-hydrogen) atoms. The van der Waals surface area contributed by atoms with Crippen LogP contribution in [-0.2, 0) is 9.59 Å². The van der Waals surface area contributed by atoms with Crippen LogP contribution < -0.4 is 20.9 Å². The Labute approximate surface area is 186 Å². The van der Waals surface area contributed by atoms with Gasteiger partial charge in [0.2, 0.25) is 11.8 Å². The molecule has 2 amide bonds. The minimum atomic E-state index is -0.486. The van der Waals surface area contributed by atoms with Gasteiger partial charge in [-0.3, -0.25) is 9.59 Å². The van der Waals surface area contributed by atoms with E-state index in [-0.39, 0.29) is 42.5 Å². The number of carbonyl (C=O) groups excluding carboxylic acids is 2. The van der Waals surface area contributed by atoms with Crippen molar-refractivity contribution in [2.24, 2.45) is 5.92 Å². The molecule has 0 aromatic heterocycles. The van der Waals surface area contributed by atoms with E-state index in [1.165, 1.54) is 12.8 Å². The van der Waals surface area contributed by atoms with Crippen LogP contribution in [0.1, 0.15) is 45.4 Å². The summed E-state index contributed by atoms with van der Waals surface area (Å²) in [4.78, 5) is 27.7. The summed E-state index contributed by atoms with van der Waals surface area (Å²) in [5, 5.41) is 9.24. The molecule has 2 fully saturated rings. The number of benzene rings is 1. The number of nitrogens with zero attached hydrogens (tertiary/aromatic N) is 1. The van der Waals surface area contributed by atoms with Crippen molar-refractivity contribution < 1.29 is 9.59 Å². The smallest absolute Gasteiger partial charge is 0.246 e. The SMILES string of the molecule is CCCC(NC(=O)C1CCCNC1)C(=O)Nc1cccc(N2CCCC2)c1.Cl.Cl. The summed E-state index contributed by atoms with van der Waals surface area (Å²) in [6, 6.07) is 7.51. The zero-order valence-electron chi connectivity index (χ0n) is 17.1. The Morgan fingerprint density at radius 3 is 2.62 bits per heavy atom. The second kappa shape index (κ2) is 12.9. The second-order valence-electron chi connectivity index (χ2n) is 7.63. The molecule has 0 aliphatic carbocycles. The molecule has 1 aromatic carbocycles. The Balaban J connectivity index is 0.00000210. The lowest BCUT2D eigenvalue weighted by atomic mass is 9.98. The zero-order valence-corrected chi connectivity index (χ0v) is 18.7. The Bertz CT molecular complexity index is 647. The van der Waals surface area contributed by atoms with Gasteiger partial charge in [0, 0.05) is 31.0 Å². The third-order valence-corrected chi connectivity index (χ3v) is 5.46. The second-order valence-corrected chi connectivity index (χ2v) is 7.63. The fourth-order valence-corrected chi connectivity index (χ4v) is 3.91. The van der Waals surface area contributed by atoms with Crippen molar-refractivity contribution in [2.45, 2.75) is 51.5 Å². The molecule has 2 aliphatic heterocycles. The van der Waals surface area contributed by atoms with Crippen LogP contribution in [0.2, 0.25) is 0 Å². The van der Waals surface area contributed by atoms with Crippen LogP contribution in [0.3, 0.4) is 0 Å². The zero-order chi connectivity index (χ0) is 19.1. The molecule has 8 heteroatoms. The van der Waals surface area contributed by atoms with E-state index in [9.17, 15) is 9.59 Å². The maximum Gasteiger partial charge on any atom is 0.246 e. The van der Waals surface area contributed by atoms with Gasteiger partial charge in [-0.2, -0.15) is 0 Å². The molecule has 0 spiro atoms. The first-order valence-electron chi connectivity index (χ1n) is 10.3. The van der Waals surface area contributed by atoms with E-state index < -0.39 is 6.04 Å². The van der Waals surface area contributed by atoms with E-state index in [0.717, 1.165) is 50.3 Å². The van der Waals surface area contributed by atoms with Crippen LogP contribution in [0.4, 0.5) is 11.4 Å². The Kier molecular flexibility index (Phi) is 11.4. The van der Waals surface area contributed by atoms with Crippen molar-refractivity contribution in [3.63, 3.8) is 0 Å². The molecular weight excluding hydrogens is 411 g/mol. The minimum Gasteiger partial charge on any atom is -0.371 e. The van der Waals surface area contributed by atoms with Gasteiger partial charge in [-0.15, -0.1) is 24.8 Å². The monoisotopic (exact) mass is 444 g/mol. The van der Waals surface area contributed by atoms with Gasteiger partial charge < -0.3 is 20.9 Å². The molecule has 0 bridgehead atoms. The summed E-state index contributed by atoms with van der Waals surface area (Å²) in [5.41, 5.74) is 1.94. The molecule has 2 saturated heterocycles. The van der Waals surface area contributed by atoms with Gasteiger partial charge in [-0.05, 0) is 56.8 Å². The molecule has 3 N–H and O–H groups in total. The molecular formula is C21H34Cl2N4O2. The predicted octanol–water partition coefficient (Wildman–Crippen LogP) is 3.35. The average Bonchev–Trinajstić information content (AvgIpc) is 3.23. The van der Waals surface area contributed by atoms with Crippen molar-refractivity contribution in [1.29, 1.82) is 0 Å². The molecule has 2 unspecified atom stereocenters. The van der Waals surface area contributed by atoms with Gasteiger partial charge in [0.15, 0.2) is 0 Å². The highest BCUT2D eigenvalue weighted by Gasteiger charge is 2.26. The Morgan fingerprint density at radius 2 is 1.97 bits per heavy atom. The van der Waals surface area contributed by atoms with E-state index in [1.807, 2.05) is 25.1 Å². The van der Waals surface area contributed by atoms with E-state index in [0.29, 0.717) is 13.0 Å². The van der Waals surface area contributed by atoms with Crippen molar-refractivity contribution in [3.05, 3.63) is 24.3 Å². The molecule has 2 heterocycles. The standard InChI is InChI=1S/C21H32N4O2.2ClH/c1-2-7-19(24-20(26)16-8-6-11-22-15-16)21(27)23-17-9-5-10-18(14-17)25-12-3-4-13-25;;/h5,9-10,14,16,19,22H,2-4,6-8,11-13,15H2,1H3,(H,23,27)(H,24,26);2*1H. The number of anilines is 2. The van der Waals surface area contributed by atoms with Crippen LogP contribution in [-0.4, -0.2) is 44.0 Å². The van der Waals surface area contributed by atoms with Crippen LogP contribution >= 0.6 is 24.8 Å². The lowest BCUT2D eigenvalue weighted by molar-refractivity contribution is -0.129. The molecule has 1 aromatic rings. The highest BCUT2D eigenvalue weighted by molar-refractivity contribution is 5.97. The first-order valence-corrected chi connectivity index (χ1v) is 10.3. The van der Waals surface area contributed by atoms with Gasteiger partial charge >= 0.3 is 0 Å². The minimum absolute atomic E-state index is 0. The number of hydrogen-bond donors (Lipinski definition) is 3. The fourth-order valence-electron chi connectivity index (χ4n) is 3.91. The normalized spacial score (nSPS) is 19.5. The van der Waals surface area contributed by atoms with Crippen molar-refractivity contribution in [2.75, 3.05) is 36.4 Å². The van der Waals surface area contributed by atoms with Crippen LogP contribution in [0.25, 0.3) is 0 Å². The molecule has 2 atom stereocenters. The Hall–Kier alpha value is -1.50. The van der Waals surface area contributed by atoms with E-state index in [1.54, 1.807) is 0 Å². The topological polar surface area (TPSA) is 73.5 Å². The fraction of sp³-hybridized carbons (Fsp3) is 0.619. The van der Waals surface area contributed by atoms with Crippen LogP contribution in [0.5, 0.6) is 0 Å². The van der Waals surface area contributed by atoms with E-state index >= 15 is 0 Å². The number of hydrogen-bond acceptors (Lipinski definition) is 4. The summed E-state index contributed by atoms with van der Waals surface area (Å²) in [6.07, 6.45) is 5.82. The molecule has 3 rings (SSSR count). The van der Waals surface area contributed by atoms with Gasteiger partial charge in [0.25, 0.3) is 0 Å². The number of carbonyl (C=O) groups is 2. The molecule has 2 aliphatic rings. The maximum absolute atomic E-state index is 12.8. The quantitative estimate of drug-likeness (QED) is 0.602. The summed E-state index contributed by atoms with van der Waals surface area (Å²) < 4.78 is 0. The van der Waals surface area contributed by atoms with Crippen LogP contribution in [0, 0.1) is 5.92 Å². The first kappa shape index (κ1) is 25.5. The molecule has 0 saturated carbocycles.